The Morgan fingerprint density at radius 1 is 1.42 bits per heavy atom. The van der Waals surface area contributed by atoms with Crippen LogP contribution in [0.5, 0.6) is 0 Å². The Morgan fingerprint density at radius 3 is 2.75 bits per heavy atom. The molecule has 3 atom stereocenters. The molecule has 7 heteroatoms. The van der Waals surface area contributed by atoms with E-state index in [-0.39, 0.29) is 17.5 Å². The monoisotopic (exact) mass is 349 g/mol. The molecule has 0 heterocycles. The number of carbonyl (C=O) groups is 1. The highest BCUT2D eigenvalue weighted by atomic mass is 32.1. The Bertz CT molecular complexity index is 607. The number of benzene rings is 1. The van der Waals surface area contributed by atoms with Crippen LogP contribution in [-0.2, 0) is 0 Å². The van der Waals surface area contributed by atoms with Gasteiger partial charge in [0.25, 0.3) is 5.91 Å². The highest BCUT2D eigenvalue weighted by molar-refractivity contribution is 7.81. The first-order chi connectivity index (χ1) is 11.4. The van der Waals surface area contributed by atoms with E-state index < -0.39 is 5.91 Å². The molecule has 0 bridgehead atoms. The third kappa shape index (κ3) is 5.14. The van der Waals surface area contributed by atoms with Crippen molar-refractivity contribution < 1.29 is 4.79 Å². The third-order valence-electron chi connectivity index (χ3n) is 4.28. The minimum atomic E-state index is -0.495. The highest BCUT2D eigenvalue weighted by Crippen LogP contribution is 2.26. The van der Waals surface area contributed by atoms with Crippen molar-refractivity contribution in [2.45, 2.75) is 56.5 Å². The van der Waals surface area contributed by atoms with Gasteiger partial charge in [-0.2, -0.15) is 12.6 Å². The van der Waals surface area contributed by atoms with Crippen LogP contribution in [-0.4, -0.2) is 29.1 Å². The molecule has 1 amide bonds. The number of hydrogen-bond acceptors (Lipinski definition) is 6. The summed E-state index contributed by atoms with van der Waals surface area (Å²) < 4.78 is 0. The minimum absolute atomic E-state index is 0.143. The van der Waals surface area contributed by atoms with Crippen LogP contribution in [0, 0.1) is 5.41 Å². The number of nitrogens with one attached hydrogen (secondary N) is 3. The van der Waals surface area contributed by atoms with Gasteiger partial charge >= 0.3 is 0 Å². The SMILES string of the molecule is CC(=N)CC(S)Nc1cc(N[C@@H]2CCCC[C@@H]2N)ccc1C(N)=O. The molecule has 2 rings (SSSR count). The topological polar surface area (TPSA) is 117 Å². The van der Waals surface area contributed by atoms with Crippen molar-refractivity contribution in [3.05, 3.63) is 23.8 Å². The smallest absolute Gasteiger partial charge is 0.250 e. The van der Waals surface area contributed by atoms with Crippen LogP contribution in [0.4, 0.5) is 11.4 Å². The maximum absolute atomic E-state index is 11.7. The summed E-state index contributed by atoms with van der Waals surface area (Å²) >= 11 is 4.43. The van der Waals surface area contributed by atoms with E-state index in [9.17, 15) is 4.79 Å². The van der Waals surface area contributed by atoms with Crippen molar-refractivity contribution >= 4 is 35.6 Å². The second kappa shape index (κ2) is 8.39. The summed E-state index contributed by atoms with van der Waals surface area (Å²) in [5.41, 5.74) is 14.1. The summed E-state index contributed by atoms with van der Waals surface area (Å²) in [6.45, 7) is 1.72. The number of primary amides is 1. The van der Waals surface area contributed by atoms with Crippen LogP contribution >= 0.6 is 12.6 Å². The van der Waals surface area contributed by atoms with Gasteiger partial charge in [-0.3, -0.25) is 4.79 Å². The first kappa shape index (κ1) is 18.6. The van der Waals surface area contributed by atoms with Crippen LogP contribution in [0.1, 0.15) is 49.4 Å². The zero-order valence-electron chi connectivity index (χ0n) is 14.0. The van der Waals surface area contributed by atoms with E-state index in [2.05, 4.69) is 23.3 Å². The fourth-order valence-electron chi connectivity index (χ4n) is 3.04. The lowest BCUT2D eigenvalue weighted by Gasteiger charge is -2.30. The van der Waals surface area contributed by atoms with Crippen molar-refractivity contribution in [2.24, 2.45) is 11.5 Å². The lowest BCUT2D eigenvalue weighted by molar-refractivity contribution is 0.100. The van der Waals surface area contributed by atoms with Crippen molar-refractivity contribution in [1.29, 1.82) is 5.41 Å². The van der Waals surface area contributed by atoms with Crippen LogP contribution in [0.25, 0.3) is 0 Å². The summed E-state index contributed by atoms with van der Waals surface area (Å²) in [5.74, 6) is -0.495. The molecule has 1 fully saturated rings. The number of hydrogen-bond donors (Lipinski definition) is 6. The molecule has 0 saturated heterocycles. The maximum Gasteiger partial charge on any atom is 0.250 e. The molecule has 1 aromatic rings. The van der Waals surface area contributed by atoms with Crippen LogP contribution < -0.4 is 22.1 Å². The second-order valence-corrected chi connectivity index (χ2v) is 7.09. The molecule has 0 aliphatic heterocycles. The Kier molecular flexibility index (Phi) is 6.51. The Morgan fingerprint density at radius 2 is 2.12 bits per heavy atom. The van der Waals surface area contributed by atoms with Gasteiger partial charge in [-0.15, -0.1) is 0 Å². The maximum atomic E-state index is 11.7. The van der Waals surface area contributed by atoms with E-state index in [0.29, 0.717) is 23.4 Å². The van der Waals surface area contributed by atoms with Crippen LogP contribution in [0.15, 0.2) is 18.2 Å². The third-order valence-corrected chi connectivity index (χ3v) is 4.59. The number of thiol groups is 1. The van der Waals surface area contributed by atoms with E-state index in [1.165, 1.54) is 12.8 Å². The largest absolute Gasteiger partial charge is 0.381 e. The van der Waals surface area contributed by atoms with Gasteiger partial charge in [0, 0.05) is 35.6 Å². The Labute approximate surface area is 148 Å². The molecular weight excluding hydrogens is 322 g/mol. The lowest BCUT2D eigenvalue weighted by atomic mass is 9.91. The first-order valence-electron chi connectivity index (χ1n) is 8.31. The van der Waals surface area contributed by atoms with Gasteiger partial charge in [-0.1, -0.05) is 12.8 Å². The Hall–Kier alpha value is -1.73. The van der Waals surface area contributed by atoms with Gasteiger partial charge in [0.15, 0.2) is 0 Å². The second-order valence-electron chi connectivity index (χ2n) is 6.47. The molecule has 1 aromatic carbocycles. The summed E-state index contributed by atoms with van der Waals surface area (Å²) in [7, 11) is 0. The van der Waals surface area contributed by atoms with E-state index in [1.54, 1.807) is 13.0 Å². The number of carbonyl (C=O) groups excluding carboxylic acids is 1. The van der Waals surface area contributed by atoms with Crippen LogP contribution in [0.2, 0.25) is 0 Å². The van der Waals surface area contributed by atoms with Crippen molar-refractivity contribution in [1.82, 2.24) is 0 Å². The fourth-order valence-corrected chi connectivity index (χ4v) is 3.45. The highest BCUT2D eigenvalue weighted by Gasteiger charge is 2.22. The zero-order chi connectivity index (χ0) is 17.7. The van der Waals surface area contributed by atoms with E-state index in [1.807, 2.05) is 12.1 Å². The van der Waals surface area contributed by atoms with Crippen LogP contribution in [0.3, 0.4) is 0 Å². The Balaban J connectivity index is 2.17. The zero-order valence-corrected chi connectivity index (χ0v) is 14.9. The molecule has 6 nitrogen and oxygen atoms in total. The molecule has 7 N–H and O–H groups in total. The molecule has 1 saturated carbocycles. The fraction of sp³-hybridized carbons (Fsp3) is 0.529. The predicted octanol–water partition coefficient (Wildman–Crippen LogP) is 2.56. The summed E-state index contributed by atoms with van der Waals surface area (Å²) in [4.78, 5) is 11.7. The predicted molar refractivity (Wildman–Crippen MR) is 103 cm³/mol. The molecular formula is C17H27N5OS. The normalized spacial score (nSPS) is 21.8. The molecule has 1 unspecified atom stereocenters. The number of amides is 1. The molecule has 1 aliphatic carbocycles. The summed E-state index contributed by atoms with van der Waals surface area (Å²) in [6, 6.07) is 5.80. The van der Waals surface area contributed by atoms with Crippen molar-refractivity contribution in [2.75, 3.05) is 10.6 Å². The average molecular weight is 350 g/mol. The quantitative estimate of drug-likeness (QED) is 0.258. The van der Waals surface area contributed by atoms with E-state index >= 15 is 0 Å². The number of rotatable bonds is 7. The lowest BCUT2D eigenvalue weighted by Crippen LogP contribution is -2.42. The minimum Gasteiger partial charge on any atom is -0.381 e. The van der Waals surface area contributed by atoms with Crippen molar-refractivity contribution in [3.8, 4) is 0 Å². The standard InChI is InChI=1S/C17H27N5OS/c1-10(18)8-16(24)22-15-9-11(6-7-12(15)17(20)23)21-14-5-3-2-4-13(14)19/h6-7,9,13-14,16,18,21-22,24H,2-5,8,19H2,1H3,(H2,20,23)/t13-,14+,16?/m0/s1. The average Bonchev–Trinajstić information content (AvgIpc) is 2.48. The molecule has 0 spiro atoms. The first-order valence-corrected chi connectivity index (χ1v) is 8.83. The molecule has 1 aliphatic rings. The molecule has 0 aromatic heterocycles. The van der Waals surface area contributed by atoms with Gasteiger partial charge in [-0.05, 0) is 38.0 Å². The summed E-state index contributed by atoms with van der Waals surface area (Å²) in [5, 5.41) is 13.9. The van der Waals surface area contributed by atoms with E-state index in [0.717, 1.165) is 18.5 Å². The van der Waals surface area contributed by atoms with Gasteiger partial charge in [-0.25, -0.2) is 0 Å². The van der Waals surface area contributed by atoms with Gasteiger partial charge in [0.1, 0.15) is 0 Å². The van der Waals surface area contributed by atoms with Crippen molar-refractivity contribution in [3.63, 3.8) is 0 Å². The van der Waals surface area contributed by atoms with E-state index in [4.69, 9.17) is 16.9 Å². The van der Waals surface area contributed by atoms with Gasteiger partial charge in [0.2, 0.25) is 0 Å². The number of anilines is 2. The van der Waals surface area contributed by atoms with Gasteiger partial charge in [0.05, 0.1) is 10.9 Å². The molecule has 0 radical (unpaired) electrons. The van der Waals surface area contributed by atoms with Gasteiger partial charge < -0.3 is 27.5 Å². The summed E-state index contributed by atoms with van der Waals surface area (Å²) in [6.07, 6.45) is 4.90. The molecule has 24 heavy (non-hydrogen) atoms. The number of nitrogens with two attached hydrogens (primary N) is 2. The molecule has 132 valence electrons.